The molecule has 2 rings (SSSR count). The summed E-state index contributed by atoms with van der Waals surface area (Å²) in [6, 6.07) is 8.13. The van der Waals surface area contributed by atoms with E-state index in [9.17, 15) is 0 Å². The van der Waals surface area contributed by atoms with E-state index in [1.807, 2.05) is 18.2 Å². The van der Waals surface area contributed by atoms with Crippen LogP contribution in [-0.2, 0) is 4.74 Å². The highest BCUT2D eigenvalue weighted by molar-refractivity contribution is 5.31. The van der Waals surface area contributed by atoms with Crippen molar-refractivity contribution in [1.29, 1.82) is 0 Å². The van der Waals surface area contributed by atoms with E-state index in [0.717, 1.165) is 25.4 Å². The van der Waals surface area contributed by atoms with Crippen LogP contribution in [0.5, 0.6) is 5.75 Å². The molecule has 0 radical (unpaired) electrons. The molecule has 100 valence electrons. The fraction of sp³-hybridized carbons (Fsp3) is 0.600. The van der Waals surface area contributed by atoms with Gasteiger partial charge in [0.1, 0.15) is 11.9 Å². The molecule has 0 spiro atoms. The van der Waals surface area contributed by atoms with Crippen molar-refractivity contribution in [2.45, 2.75) is 38.9 Å². The van der Waals surface area contributed by atoms with Crippen LogP contribution in [0.15, 0.2) is 24.3 Å². The second-order valence-electron chi connectivity index (χ2n) is 4.99. The highest BCUT2D eigenvalue weighted by Gasteiger charge is 2.15. The van der Waals surface area contributed by atoms with E-state index in [1.165, 1.54) is 18.4 Å². The molecule has 0 aliphatic carbocycles. The van der Waals surface area contributed by atoms with Gasteiger partial charge in [0.2, 0.25) is 0 Å². The van der Waals surface area contributed by atoms with E-state index in [2.05, 4.69) is 25.2 Å². The Hall–Kier alpha value is -1.06. The number of ether oxygens (including phenoxy) is 2. The number of para-hydroxylation sites is 1. The van der Waals surface area contributed by atoms with Crippen molar-refractivity contribution in [2.24, 2.45) is 0 Å². The summed E-state index contributed by atoms with van der Waals surface area (Å²) in [5.74, 6) is 0.976. The van der Waals surface area contributed by atoms with Gasteiger partial charge in [0.15, 0.2) is 0 Å². The van der Waals surface area contributed by atoms with Gasteiger partial charge in [-0.2, -0.15) is 0 Å². The fourth-order valence-corrected chi connectivity index (χ4v) is 2.20. The van der Waals surface area contributed by atoms with E-state index < -0.39 is 0 Å². The molecule has 0 unspecified atom stereocenters. The molecule has 3 heteroatoms. The van der Waals surface area contributed by atoms with Crippen LogP contribution >= 0.6 is 0 Å². The van der Waals surface area contributed by atoms with Gasteiger partial charge in [-0.1, -0.05) is 18.2 Å². The van der Waals surface area contributed by atoms with Crippen LogP contribution in [0.1, 0.15) is 25.3 Å². The van der Waals surface area contributed by atoms with Gasteiger partial charge in [0.05, 0.1) is 6.10 Å². The van der Waals surface area contributed by atoms with Crippen LogP contribution < -0.4 is 10.1 Å². The molecule has 0 bridgehead atoms. The third-order valence-corrected chi connectivity index (χ3v) is 3.25. The molecule has 1 aromatic carbocycles. The summed E-state index contributed by atoms with van der Waals surface area (Å²) in [5, 5.41) is 3.42. The lowest BCUT2D eigenvalue weighted by molar-refractivity contribution is 0.106. The number of rotatable bonds is 6. The molecule has 0 aromatic heterocycles. The molecule has 3 nitrogen and oxygen atoms in total. The number of aryl methyl sites for hydroxylation is 1. The van der Waals surface area contributed by atoms with Gasteiger partial charge in [-0.05, 0) is 38.3 Å². The molecule has 1 aliphatic heterocycles. The summed E-state index contributed by atoms with van der Waals surface area (Å²) in [6.07, 6.45) is 2.95. The van der Waals surface area contributed by atoms with Crippen molar-refractivity contribution in [2.75, 3.05) is 19.7 Å². The molecule has 1 aromatic rings. The summed E-state index contributed by atoms with van der Waals surface area (Å²) < 4.78 is 11.5. The summed E-state index contributed by atoms with van der Waals surface area (Å²) >= 11 is 0. The molecule has 1 aliphatic rings. The molecule has 0 saturated carbocycles. The van der Waals surface area contributed by atoms with Crippen molar-refractivity contribution in [3.63, 3.8) is 0 Å². The summed E-state index contributed by atoms with van der Waals surface area (Å²) in [4.78, 5) is 0. The second kappa shape index (κ2) is 6.76. The minimum absolute atomic E-state index is 0.174. The normalized spacial score (nSPS) is 20.9. The van der Waals surface area contributed by atoms with Gasteiger partial charge in [0.25, 0.3) is 0 Å². The Morgan fingerprint density at radius 2 is 2.28 bits per heavy atom. The molecule has 1 saturated heterocycles. The molecule has 18 heavy (non-hydrogen) atoms. The van der Waals surface area contributed by atoms with E-state index in [4.69, 9.17) is 9.47 Å². The van der Waals surface area contributed by atoms with Crippen LogP contribution in [-0.4, -0.2) is 31.9 Å². The zero-order chi connectivity index (χ0) is 12.8. The Labute approximate surface area is 109 Å². The smallest absolute Gasteiger partial charge is 0.122 e. The highest BCUT2D eigenvalue weighted by Crippen LogP contribution is 2.17. The van der Waals surface area contributed by atoms with Crippen LogP contribution in [0, 0.1) is 6.92 Å². The van der Waals surface area contributed by atoms with E-state index in [1.54, 1.807) is 0 Å². The average molecular weight is 249 g/mol. The van der Waals surface area contributed by atoms with Gasteiger partial charge in [-0.15, -0.1) is 0 Å². The van der Waals surface area contributed by atoms with Crippen molar-refractivity contribution in [3.05, 3.63) is 29.8 Å². The number of hydrogen-bond acceptors (Lipinski definition) is 3. The lowest BCUT2D eigenvalue weighted by Gasteiger charge is -2.18. The Kier molecular flexibility index (Phi) is 5.02. The van der Waals surface area contributed by atoms with Crippen molar-refractivity contribution in [1.82, 2.24) is 5.32 Å². The SMILES string of the molecule is Cc1ccccc1O[C@@H](C)CNC[C@@H]1CCCO1. The highest BCUT2D eigenvalue weighted by atomic mass is 16.5. The predicted octanol–water partition coefficient (Wildman–Crippen LogP) is 2.53. The first-order valence-electron chi connectivity index (χ1n) is 6.80. The van der Waals surface area contributed by atoms with Crippen molar-refractivity contribution >= 4 is 0 Å². The van der Waals surface area contributed by atoms with Crippen LogP contribution in [0.3, 0.4) is 0 Å². The number of nitrogens with one attached hydrogen (secondary N) is 1. The van der Waals surface area contributed by atoms with Gasteiger partial charge in [-0.25, -0.2) is 0 Å². The summed E-state index contributed by atoms with van der Waals surface area (Å²) in [7, 11) is 0. The molecule has 1 N–H and O–H groups in total. The number of benzene rings is 1. The Bertz CT molecular complexity index is 361. The van der Waals surface area contributed by atoms with E-state index in [0.29, 0.717) is 6.10 Å². The predicted molar refractivity (Wildman–Crippen MR) is 73.1 cm³/mol. The fourth-order valence-electron chi connectivity index (χ4n) is 2.20. The van der Waals surface area contributed by atoms with Gasteiger partial charge < -0.3 is 14.8 Å². The zero-order valence-electron chi connectivity index (χ0n) is 11.3. The Morgan fingerprint density at radius 1 is 1.44 bits per heavy atom. The minimum atomic E-state index is 0.174. The van der Waals surface area contributed by atoms with E-state index in [-0.39, 0.29) is 6.10 Å². The standard InChI is InChI=1S/C15H23NO2/c1-12-6-3-4-8-15(12)18-13(2)10-16-11-14-7-5-9-17-14/h3-4,6,8,13-14,16H,5,7,9-11H2,1-2H3/t13-,14-/m0/s1. The van der Waals surface area contributed by atoms with Crippen LogP contribution in [0.2, 0.25) is 0 Å². The monoisotopic (exact) mass is 249 g/mol. The van der Waals surface area contributed by atoms with Crippen LogP contribution in [0.25, 0.3) is 0 Å². The Balaban J connectivity index is 1.68. The largest absolute Gasteiger partial charge is 0.489 e. The molecule has 2 atom stereocenters. The van der Waals surface area contributed by atoms with Crippen LogP contribution in [0.4, 0.5) is 0 Å². The Morgan fingerprint density at radius 3 is 3.00 bits per heavy atom. The van der Waals surface area contributed by atoms with Crippen molar-refractivity contribution < 1.29 is 9.47 Å². The quantitative estimate of drug-likeness (QED) is 0.840. The van der Waals surface area contributed by atoms with E-state index >= 15 is 0 Å². The third kappa shape index (κ3) is 4.00. The maximum absolute atomic E-state index is 5.91. The first kappa shape index (κ1) is 13.4. The molecule has 0 amide bonds. The first-order valence-corrected chi connectivity index (χ1v) is 6.80. The summed E-state index contributed by atoms with van der Waals surface area (Å²) in [5.41, 5.74) is 1.18. The third-order valence-electron chi connectivity index (χ3n) is 3.25. The number of hydrogen-bond donors (Lipinski definition) is 1. The average Bonchev–Trinajstić information content (AvgIpc) is 2.85. The molecule has 1 heterocycles. The molecular weight excluding hydrogens is 226 g/mol. The lowest BCUT2D eigenvalue weighted by atomic mass is 10.2. The summed E-state index contributed by atoms with van der Waals surface area (Å²) in [6.45, 7) is 6.87. The lowest BCUT2D eigenvalue weighted by Crippen LogP contribution is -2.34. The zero-order valence-corrected chi connectivity index (χ0v) is 11.3. The maximum Gasteiger partial charge on any atom is 0.122 e. The first-order chi connectivity index (χ1) is 8.75. The maximum atomic E-state index is 5.91. The molecular formula is C15H23NO2. The van der Waals surface area contributed by atoms with Gasteiger partial charge in [-0.3, -0.25) is 0 Å². The topological polar surface area (TPSA) is 30.5 Å². The molecule has 1 fully saturated rings. The van der Waals surface area contributed by atoms with Crippen molar-refractivity contribution in [3.8, 4) is 5.75 Å². The minimum Gasteiger partial charge on any atom is -0.489 e. The van der Waals surface area contributed by atoms with Gasteiger partial charge in [0, 0.05) is 19.7 Å². The van der Waals surface area contributed by atoms with Gasteiger partial charge >= 0.3 is 0 Å². The second-order valence-corrected chi connectivity index (χ2v) is 4.99.